The molecule has 0 unspecified atom stereocenters. The number of halogens is 1. The lowest BCUT2D eigenvalue weighted by atomic mass is 10.1. The molecule has 0 atom stereocenters. The summed E-state index contributed by atoms with van der Waals surface area (Å²) >= 11 is 0. The zero-order valence-electron chi connectivity index (χ0n) is 14.1. The molecule has 0 fully saturated rings. The van der Waals surface area contributed by atoms with E-state index in [1.54, 1.807) is 0 Å². The van der Waals surface area contributed by atoms with E-state index in [1.807, 2.05) is 18.5 Å². The maximum Gasteiger partial charge on any atom is 0.191 e. The molecule has 0 bridgehead atoms. The number of guanidine groups is 1. The largest absolute Gasteiger partial charge is 0.357 e. The number of aromatic nitrogens is 3. The second-order valence-electron chi connectivity index (χ2n) is 5.26. The topological polar surface area (TPSA) is 67.1 Å². The fraction of sp³-hybridized carbons (Fsp3) is 0.438. The van der Waals surface area contributed by atoms with Crippen molar-refractivity contribution in [2.24, 2.45) is 12.0 Å². The quantitative estimate of drug-likeness (QED) is 0.436. The van der Waals surface area contributed by atoms with Crippen LogP contribution in [0.1, 0.15) is 29.7 Å². The molecule has 1 aromatic carbocycles. The summed E-state index contributed by atoms with van der Waals surface area (Å²) in [4.78, 5) is 4.61. The smallest absolute Gasteiger partial charge is 0.191 e. The molecule has 1 aromatic heterocycles. The fourth-order valence-corrected chi connectivity index (χ4v) is 2.09. The number of aryl methyl sites for hydroxylation is 2. The minimum absolute atomic E-state index is 0. The van der Waals surface area contributed by atoms with Crippen LogP contribution in [0.5, 0.6) is 0 Å². The number of nitrogens with one attached hydrogen (secondary N) is 2. The van der Waals surface area contributed by atoms with Gasteiger partial charge in [0.15, 0.2) is 11.8 Å². The first-order valence-electron chi connectivity index (χ1n) is 7.52. The summed E-state index contributed by atoms with van der Waals surface area (Å²) in [6.45, 7) is 8.14. The summed E-state index contributed by atoms with van der Waals surface area (Å²) in [5.74, 6) is 2.57. The Balaban J connectivity index is 0.00000264. The van der Waals surface area contributed by atoms with Gasteiger partial charge in [0.25, 0.3) is 0 Å². The molecule has 2 N–H and O–H groups in total. The second-order valence-corrected chi connectivity index (χ2v) is 5.26. The Kier molecular flexibility index (Phi) is 8.01. The van der Waals surface area contributed by atoms with Gasteiger partial charge in [0.05, 0.1) is 13.1 Å². The summed E-state index contributed by atoms with van der Waals surface area (Å²) in [5.41, 5.74) is 2.45. The zero-order valence-corrected chi connectivity index (χ0v) is 16.5. The molecule has 7 heteroatoms. The van der Waals surface area contributed by atoms with E-state index in [0.29, 0.717) is 13.1 Å². The highest BCUT2D eigenvalue weighted by molar-refractivity contribution is 14.0. The van der Waals surface area contributed by atoms with Crippen LogP contribution in [0.4, 0.5) is 0 Å². The lowest BCUT2D eigenvalue weighted by Gasteiger charge is -2.11. The standard InChI is InChI=1S/C16H24N6.HI/c1-5-17-16(18-10-14-8-6-7-12(2)9-14)19-11-15-21-20-13(3)22(15)4;/h6-9H,5,10-11H2,1-4H3,(H2,17,18,19);1H. The van der Waals surface area contributed by atoms with Crippen LogP contribution >= 0.6 is 24.0 Å². The fourth-order valence-electron chi connectivity index (χ4n) is 2.09. The molecule has 0 amide bonds. The number of benzene rings is 1. The number of nitrogens with zero attached hydrogens (tertiary/aromatic N) is 4. The maximum absolute atomic E-state index is 4.61. The van der Waals surface area contributed by atoms with E-state index in [9.17, 15) is 0 Å². The van der Waals surface area contributed by atoms with Crippen molar-refractivity contribution < 1.29 is 0 Å². The molecule has 0 saturated carbocycles. The molecule has 2 rings (SSSR count). The van der Waals surface area contributed by atoms with Crippen LogP contribution in [0.15, 0.2) is 29.3 Å². The summed E-state index contributed by atoms with van der Waals surface area (Å²) in [6, 6.07) is 8.39. The SMILES string of the molecule is CCNC(=NCc1cccc(C)c1)NCc1nnc(C)n1C.I. The molecule has 126 valence electrons. The van der Waals surface area contributed by atoms with Gasteiger partial charge in [-0.1, -0.05) is 29.8 Å². The summed E-state index contributed by atoms with van der Waals surface area (Å²) in [5, 5.41) is 14.7. The Bertz CT molecular complexity index is 650. The van der Waals surface area contributed by atoms with Crippen molar-refractivity contribution in [1.29, 1.82) is 0 Å². The van der Waals surface area contributed by atoms with Crippen molar-refractivity contribution in [3.63, 3.8) is 0 Å². The van der Waals surface area contributed by atoms with E-state index in [0.717, 1.165) is 24.2 Å². The second kappa shape index (κ2) is 9.49. The molecule has 0 radical (unpaired) electrons. The molecule has 2 aromatic rings. The molecule has 0 saturated heterocycles. The number of hydrogen-bond acceptors (Lipinski definition) is 3. The van der Waals surface area contributed by atoms with Crippen molar-refractivity contribution in [3.05, 3.63) is 47.0 Å². The normalized spacial score (nSPS) is 11.0. The van der Waals surface area contributed by atoms with Crippen molar-refractivity contribution in [3.8, 4) is 0 Å². The number of aliphatic imine (C=N–C) groups is 1. The first-order chi connectivity index (χ1) is 10.6. The Morgan fingerprint density at radius 2 is 2.00 bits per heavy atom. The number of hydrogen-bond donors (Lipinski definition) is 2. The van der Waals surface area contributed by atoms with Gasteiger partial charge < -0.3 is 15.2 Å². The van der Waals surface area contributed by atoms with Crippen LogP contribution in [0.3, 0.4) is 0 Å². The minimum atomic E-state index is 0. The Labute approximate surface area is 154 Å². The van der Waals surface area contributed by atoms with Crippen molar-refractivity contribution >= 4 is 29.9 Å². The monoisotopic (exact) mass is 428 g/mol. The lowest BCUT2D eigenvalue weighted by Crippen LogP contribution is -2.37. The van der Waals surface area contributed by atoms with Crippen LogP contribution in [-0.2, 0) is 20.1 Å². The molecular weight excluding hydrogens is 403 g/mol. The molecule has 6 nitrogen and oxygen atoms in total. The van der Waals surface area contributed by atoms with Crippen molar-refractivity contribution in [2.45, 2.75) is 33.9 Å². The van der Waals surface area contributed by atoms with E-state index in [1.165, 1.54) is 11.1 Å². The van der Waals surface area contributed by atoms with E-state index in [2.05, 4.69) is 63.9 Å². The van der Waals surface area contributed by atoms with Crippen molar-refractivity contribution in [2.75, 3.05) is 6.54 Å². The summed E-state index contributed by atoms with van der Waals surface area (Å²) < 4.78 is 1.97. The third kappa shape index (κ3) is 5.81. The highest BCUT2D eigenvalue weighted by Gasteiger charge is 2.05. The first kappa shape index (κ1) is 19.4. The van der Waals surface area contributed by atoms with Gasteiger partial charge in [-0.25, -0.2) is 4.99 Å². The van der Waals surface area contributed by atoms with Crippen LogP contribution in [0.2, 0.25) is 0 Å². The van der Waals surface area contributed by atoms with E-state index in [-0.39, 0.29) is 24.0 Å². The average Bonchev–Trinajstić information content (AvgIpc) is 2.82. The van der Waals surface area contributed by atoms with E-state index >= 15 is 0 Å². The molecular formula is C16H25IN6. The minimum Gasteiger partial charge on any atom is -0.357 e. The Morgan fingerprint density at radius 3 is 2.61 bits per heavy atom. The lowest BCUT2D eigenvalue weighted by molar-refractivity contribution is 0.718. The molecule has 0 aliphatic carbocycles. The number of rotatable bonds is 5. The van der Waals surface area contributed by atoms with Crippen LogP contribution in [-0.4, -0.2) is 27.3 Å². The highest BCUT2D eigenvalue weighted by Crippen LogP contribution is 2.05. The molecule has 0 aliphatic heterocycles. The summed E-state index contributed by atoms with van der Waals surface area (Å²) in [6.07, 6.45) is 0. The van der Waals surface area contributed by atoms with E-state index in [4.69, 9.17) is 0 Å². The molecule has 0 spiro atoms. The average molecular weight is 428 g/mol. The van der Waals surface area contributed by atoms with Gasteiger partial charge in [0.2, 0.25) is 0 Å². The maximum atomic E-state index is 4.61. The molecule has 1 heterocycles. The Morgan fingerprint density at radius 1 is 1.22 bits per heavy atom. The first-order valence-corrected chi connectivity index (χ1v) is 7.52. The van der Waals surface area contributed by atoms with Crippen LogP contribution in [0.25, 0.3) is 0 Å². The molecule has 0 aliphatic rings. The van der Waals surface area contributed by atoms with Gasteiger partial charge in [0.1, 0.15) is 5.82 Å². The predicted molar refractivity (Wildman–Crippen MR) is 104 cm³/mol. The predicted octanol–water partition coefficient (Wildman–Crippen LogP) is 2.31. The van der Waals surface area contributed by atoms with Gasteiger partial charge >= 0.3 is 0 Å². The van der Waals surface area contributed by atoms with Gasteiger partial charge in [0, 0.05) is 13.6 Å². The third-order valence-corrected chi connectivity index (χ3v) is 3.44. The third-order valence-electron chi connectivity index (χ3n) is 3.44. The van der Waals surface area contributed by atoms with Gasteiger partial charge in [-0.15, -0.1) is 34.2 Å². The van der Waals surface area contributed by atoms with Crippen LogP contribution in [0, 0.1) is 13.8 Å². The van der Waals surface area contributed by atoms with Gasteiger partial charge in [-0.05, 0) is 26.3 Å². The van der Waals surface area contributed by atoms with Crippen LogP contribution < -0.4 is 10.6 Å². The van der Waals surface area contributed by atoms with E-state index < -0.39 is 0 Å². The van der Waals surface area contributed by atoms with Gasteiger partial charge in [-0.3, -0.25) is 0 Å². The Hall–Kier alpha value is -1.64. The zero-order chi connectivity index (χ0) is 15.9. The highest BCUT2D eigenvalue weighted by atomic mass is 127. The summed E-state index contributed by atoms with van der Waals surface area (Å²) in [7, 11) is 1.96. The van der Waals surface area contributed by atoms with Crippen molar-refractivity contribution in [1.82, 2.24) is 25.4 Å². The van der Waals surface area contributed by atoms with Gasteiger partial charge in [-0.2, -0.15) is 0 Å². The molecule has 23 heavy (non-hydrogen) atoms.